The van der Waals surface area contributed by atoms with E-state index in [2.05, 4.69) is 44.7 Å². The molecular weight excluding hydrogens is 260 g/mol. The largest absolute Gasteiger partial charge is 0.388 e. The van der Waals surface area contributed by atoms with Crippen LogP contribution in [0.1, 0.15) is 65.5 Å². The number of hydrogen-bond donors (Lipinski definition) is 1. The number of ether oxygens (including phenoxy) is 1. The van der Waals surface area contributed by atoms with Crippen LogP contribution in [0.3, 0.4) is 0 Å². The summed E-state index contributed by atoms with van der Waals surface area (Å²) in [4.78, 5) is 0. The van der Waals surface area contributed by atoms with Crippen LogP contribution in [0.15, 0.2) is 30.8 Å². The number of benzene rings is 1. The molecule has 0 aliphatic carbocycles. The van der Waals surface area contributed by atoms with Gasteiger partial charge in [-0.15, -0.1) is 0 Å². The quantitative estimate of drug-likeness (QED) is 0.773. The van der Waals surface area contributed by atoms with Gasteiger partial charge in [0.1, 0.15) is 0 Å². The summed E-state index contributed by atoms with van der Waals surface area (Å²) >= 11 is 0. The van der Waals surface area contributed by atoms with Gasteiger partial charge in [0.05, 0.1) is 17.3 Å². The summed E-state index contributed by atoms with van der Waals surface area (Å²) in [6.45, 7) is 15.8. The van der Waals surface area contributed by atoms with E-state index in [1.165, 1.54) is 0 Å². The van der Waals surface area contributed by atoms with Crippen molar-refractivity contribution in [2.75, 3.05) is 0 Å². The molecule has 1 rings (SSSR count). The first-order chi connectivity index (χ1) is 9.66. The summed E-state index contributed by atoms with van der Waals surface area (Å²) in [7, 11) is 0. The zero-order valence-electron chi connectivity index (χ0n) is 14.4. The van der Waals surface area contributed by atoms with Crippen LogP contribution < -0.4 is 0 Å². The van der Waals surface area contributed by atoms with Crippen molar-refractivity contribution in [2.24, 2.45) is 0 Å². The Hall–Kier alpha value is -1.12. The molecule has 0 amide bonds. The molecule has 0 heterocycles. The molecule has 0 aromatic heterocycles. The van der Waals surface area contributed by atoms with E-state index in [1.807, 2.05) is 13.8 Å². The number of allylic oxidation sites excluding steroid dienone is 1. The maximum Gasteiger partial charge on any atom is 0.0931 e. The molecule has 2 nitrogen and oxygen atoms in total. The highest BCUT2D eigenvalue weighted by Crippen LogP contribution is 2.36. The first-order valence-corrected chi connectivity index (χ1v) is 7.83. The van der Waals surface area contributed by atoms with Crippen LogP contribution >= 0.6 is 0 Å². The highest BCUT2D eigenvalue weighted by atomic mass is 16.5. The minimum absolute atomic E-state index is 0.238. The van der Waals surface area contributed by atoms with Crippen molar-refractivity contribution in [3.63, 3.8) is 0 Å². The Kier molecular flexibility index (Phi) is 5.77. The topological polar surface area (TPSA) is 29.5 Å². The molecule has 118 valence electrons. The third-order valence-electron chi connectivity index (χ3n) is 4.44. The van der Waals surface area contributed by atoms with Gasteiger partial charge in [0.15, 0.2) is 0 Å². The Morgan fingerprint density at radius 3 is 2.00 bits per heavy atom. The van der Waals surface area contributed by atoms with Gasteiger partial charge in [0, 0.05) is 0 Å². The molecule has 0 aliphatic heterocycles. The molecule has 0 radical (unpaired) electrons. The van der Waals surface area contributed by atoms with E-state index in [9.17, 15) is 5.11 Å². The molecule has 1 unspecified atom stereocenters. The van der Waals surface area contributed by atoms with Gasteiger partial charge in [-0.3, -0.25) is 0 Å². The van der Waals surface area contributed by atoms with Crippen LogP contribution in [0.25, 0.3) is 5.57 Å². The number of rotatable bonds is 7. The number of hydrogen-bond acceptors (Lipinski definition) is 2. The minimum atomic E-state index is -0.854. The zero-order chi connectivity index (χ0) is 16.3. The van der Waals surface area contributed by atoms with Gasteiger partial charge in [-0.1, -0.05) is 50.3 Å². The lowest BCUT2D eigenvalue weighted by molar-refractivity contribution is -0.164. The minimum Gasteiger partial charge on any atom is -0.388 e. The lowest BCUT2D eigenvalue weighted by Gasteiger charge is -2.39. The monoisotopic (exact) mass is 290 g/mol. The maximum atomic E-state index is 10.2. The first-order valence-electron chi connectivity index (χ1n) is 7.83. The van der Waals surface area contributed by atoms with Crippen LogP contribution in [0.5, 0.6) is 0 Å². The fraction of sp³-hybridized carbons (Fsp3) is 0.579. The third kappa shape index (κ3) is 4.18. The maximum absolute atomic E-state index is 10.2. The lowest BCUT2D eigenvalue weighted by Crippen LogP contribution is -2.42. The van der Waals surface area contributed by atoms with Crippen molar-refractivity contribution in [3.05, 3.63) is 42.0 Å². The van der Waals surface area contributed by atoms with Crippen molar-refractivity contribution in [2.45, 2.75) is 71.7 Å². The van der Waals surface area contributed by atoms with Gasteiger partial charge in [0.2, 0.25) is 0 Å². The van der Waals surface area contributed by atoms with E-state index >= 15 is 0 Å². The molecule has 0 spiro atoms. The molecule has 21 heavy (non-hydrogen) atoms. The molecule has 2 heteroatoms. The van der Waals surface area contributed by atoms with E-state index in [0.717, 1.165) is 29.5 Å². The fourth-order valence-electron chi connectivity index (χ4n) is 2.43. The van der Waals surface area contributed by atoms with Crippen molar-refractivity contribution in [3.8, 4) is 0 Å². The Morgan fingerprint density at radius 1 is 1.19 bits per heavy atom. The summed E-state index contributed by atoms with van der Waals surface area (Å²) in [6, 6.07) is 8.42. The zero-order valence-corrected chi connectivity index (χ0v) is 14.4. The van der Waals surface area contributed by atoms with Gasteiger partial charge in [-0.05, 0) is 51.7 Å². The summed E-state index contributed by atoms with van der Waals surface area (Å²) in [5, 5.41) is 10.2. The van der Waals surface area contributed by atoms with E-state index in [-0.39, 0.29) is 11.7 Å². The van der Waals surface area contributed by atoms with Gasteiger partial charge >= 0.3 is 0 Å². The van der Waals surface area contributed by atoms with E-state index in [1.54, 1.807) is 13.8 Å². The summed E-state index contributed by atoms with van der Waals surface area (Å²) < 4.78 is 6.31. The van der Waals surface area contributed by atoms with Gasteiger partial charge in [-0.2, -0.15) is 0 Å². The molecule has 0 bridgehead atoms. The fourth-order valence-corrected chi connectivity index (χ4v) is 2.43. The van der Waals surface area contributed by atoms with Crippen LogP contribution in [-0.4, -0.2) is 16.8 Å². The number of aliphatic hydroxyl groups is 1. The first kappa shape index (κ1) is 17.9. The summed E-state index contributed by atoms with van der Waals surface area (Å²) in [6.07, 6.45) is 1.50. The molecule has 0 fully saturated rings. The molecule has 0 saturated carbocycles. The molecule has 0 saturated heterocycles. The van der Waals surface area contributed by atoms with E-state index < -0.39 is 5.60 Å². The average molecular weight is 290 g/mol. The molecule has 1 atom stereocenters. The van der Waals surface area contributed by atoms with Crippen LogP contribution in [0.2, 0.25) is 0 Å². The Balaban J connectivity index is 3.12. The van der Waals surface area contributed by atoms with E-state index in [0.29, 0.717) is 0 Å². The van der Waals surface area contributed by atoms with Crippen molar-refractivity contribution in [1.29, 1.82) is 0 Å². The second-order valence-corrected chi connectivity index (χ2v) is 6.47. The normalized spacial score (nSPS) is 14.0. The van der Waals surface area contributed by atoms with E-state index in [4.69, 9.17) is 4.74 Å². The summed E-state index contributed by atoms with van der Waals surface area (Å²) in [5.74, 6) is 0. The molecule has 1 N–H and O–H groups in total. The van der Waals surface area contributed by atoms with Gasteiger partial charge in [0.25, 0.3) is 0 Å². The molecule has 0 aliphatic rings. The predicted octanol–water partition coefficient (Wildman–Crippen LogP) is 4.91. The Morgan fingerprint density at radius 2 is 1.67 bits per heavy atom. The second kappa shape index (κ2) is 6.76. The van der Waals surface area contributed by atoms with Gasteiger partial charge in [-0.25, -0.2) is 0 Å². The van der Waals surface area contributed by atoms with Crippen molar-refractivity contribution >= 4 is 5.57 Å². The summed E-state index contributed by atoms with van der Waals surface area (Å²) in [5.41, 5.74) is 2.16. The van der Waals surface area contributed by atoms with Crippen molar-refractivity contribution < 1.29 is 9.84 Å². The average Bonchev–Trinajstić information content (AvgIpc) is 2.43. The van der Waals surface area contributed by atoms with Crippen LogP contribution in [-0.2, 0) is 10.3 Å². The molecule has 1 aromatic carbocycles. The third-order valence-corrected chi connectivity index (χ3v) is 4.44. The van der Waals surface area contributed by atoms with Gasteiger partial charge < -0.3 is 9.84 Å². The SMILES string of the molecule is C=C(C)c1ccc(C(CC)(CC)OC(C)C(C)(C)O)cc1. The smallest absolute Gasteiger partial charge is 0.0931 e. The highest BCUT2D eigenvalue weighted by molar-refractivity contribution is 5.61. The molecular formula is C19H30O2. The van der Waals surface area contributed by atoms with Crippen LogP contribution in [0.4, 0.5) is 0 Å². The van der Waals surface area contributed by atoms with Crippen molar-refractivity contribution in [1.82, 2.24) is 0 Å². The Labute approximate surface area is 129 Å². The molecule has 1 aromatic rings. The van der Waals surface area contributed by atoms with Crippen LogP contribution in [0, 0.1) is 0 Å². The Bertz CT molecular complexity index is 461. The second-order valence-electron chi connectivity index (χ2n) is 6.47. The standard InChI is InChI=1S/C19H30O2/c1-8-19(9-2,21-15(5)18(6,7)20)17-12-10-16(11-13-17)14(3)4/h10-13,15,20H,3,8-9H2,1-2,4-7H3. The lowest BCUT2D eigenvalue weighted by atomic mass is 9.86. The predicted molar refractivity (Wildman–Crippen MR) is 90.3 cm³/mol. The highest BCUT2D eigenvalue weighted by Gasteiger charge is 2.35.